The fraction of sp³-hybridized carbons (Fsp3) is 0. The van der Waals surface area contributed by atoms with E-state index >= 15 is 0 Å². The molecule has 5 heteroatoms. The Bertz CT molecular complexity index is 198. The van der Waals surface area contributed by atoms with Gasteiger partial charge in [0.2, 0.25) is 5.95 Å². The molecule has 48 valence electrons. The second kappa shape index (κ2) is 2.27. The van der Waals surface area contributed by atoms with Crippen LogP contribution < -0.4 is 17.0 Å². The van der Waals surface area contributed by atoms with Crippen LogP contribution in [0.4, 0.5) is 11.8 Å². The largest absolute Gasteiger partial charge is 0.368 e. The Morgan fingerprint density at radius 1 is 1.56 bits per heavy atom. The van der Waals surface area contributed by atoms with Gasteiger partial charge in [0, 0.05) is 12.3 Å². The van der Waals surface area contributed by atoms with Gasteiger partial charge in [-0.05, 0) is 0 Å². The summed E-state index contributed by atoms with van der Waals surface area (Å²) in [5, 5.41) is 0. The van der Waals surface area contributed by atoms with Gasteiger partial charge in [-0.2, -0.15) is 4.98 Å². The first-order valence-corrected chi connectivity index (χ1v) is 2.38. The van der Waals surface area contributed by atoms with Crippen LogP contribution in [0.2, 0.25) is 0 Å². The van der Waals surface area contributed by atoms with Gasteiger partial charge in [-0.25, -0.2) is 10.8 Å². The van der Waals surface area contributed by atoms with E-state index in [-0.39, 0.29) is 5.95 Å². The molecule has 1 heterocycles. The summed E-state index contributed by atoms with van der Waals surface area (Å²) in [7, 11) is 0. The van der Waals surface area contributed by atoms with Crippen molar-refractivity contribution in [3.63, 3.8) is 0 Å². The maximum Gasteiger partial charge on any atom is 0.221 e. The van der Waals surface area contributed by atoms with Crippen molar-refractivity contribution < 1.29 is 0 Å². The van der Waals surface area contributed by atoms with E-state index in [9.17, 15) is 0 Å². The lowest BCUT2D eigenvalue weighted by atomic mass is 10.6. The third-order valence-corrected chi connectivity index (χ3v) is 0.822. The molecular weight excluding hydrogens is 118 g/mol. The van der Waals surface area contributed by atoms with E-state index in [1.54, 1.807) is 6.07 Å². The minimum Gasteiger partial charge on any atom is -0.368 e. The topological polar surface area (TPSA) is 89.8 Å². The van der Waals surface area contributed by atoms with Gasteiger partial charge in [0.1, 0.15) is 5.82 Å². The second-order valence-electron chi connectivity index (χ2n) is 1.44. The Hall–Kier alpha value is -1.36. The highest BCUT2D eigenvalue weighted by atomic mass is 15.3. The summed E-state index contributed by atoms with van der Waals surface area (Å²) in [5.41, 5.74) is 7.55. The molecule has 1 rings (SSSR count). The minimum atomic E-state index is 0.213. The molecule has 5 nitrogen and oxygen atoms in total. The van der Waals surface area contributed by atoms with Crippen LogP contribution in [0.3, 0.4) is 0 Å². The monoisotopic (exact) mass is 125 g/mol. The van der Waals surface area contributed by atoms with E-state index in [0.29, 0.717) is 5.82 Å². The van der Waals surface area contributed by atoms with Crippen molar-refractivity contribution >= 4 is 11.8 Å². The lowest BCUT2D eigenvalue weighted by Crippen LogP contribution is -2.09. The highest BCUT2D eigenvalue weighted by Gasteiger charge is 1.88. The molecule has 1 aromatic rings. The van der Waals surface area contributed by atoms with E-state index in [1.807, 2.05) is 0 Å². The molecule has 0 fully saturated rings. The van der Waals surface area contributed by atoms with E-state index in [2.05, 4.69) is 15.4 Å². The number of hydrogen-bond donors (Lipinski definition) is 3. The van der Waals surface area contributed by atoms with E-state index in [1.165, 1.54) is 6.20 Å². The highest BCUT2D eigenvalue weighted by Crippen LogP contribution is 1.98. The Morgan fingerprint density at radius 2 is 2.33 bits per heavy atom. The molecule has 0 amide bonds. The summed E-state index contributed by atoms with van der Waals surface area (Å²) in [5.74, 6) is 5.75. The molecule has 1 aromatic heterocycles. The molecule has 0 aliphatic heterocycles. The van der Waals surface area contributed by atoms with Crippen molar-refractivity contribution in [3.05, 3.63) is 12.3 Å². The summed E-state index contributed by atoms with van der Waals surface area (Å²) >= 11 is 0. The molecule has 0 aliphatic carbocycles. The Labute approximate surface area is 52.1 Å². The molecular formula is C4H7N5. The average molecular weight is 125 g/mol. The Balaban J connectivity index is 2.94. The number of hydrazine groups is 1. The fourth-order valence-electron chi connectivity index (χ4n) is 0.454. The molecule has 0 bridgehead atoms. The second-order valence-corrected chi connectivity index (χ2v) is 1.44. The van der Waals surface area contributed by atoms with Crippen LogP contribution in [-0.4, -0.2) is 9.97 Å². The lowest BCUT2D eigenvalue weighted by molar-refractivity contribution is 1.15. The van der Waals surface area contributed by atoms with Gasteiger partial charge >= 0.3 is 0 Å². The molecule has 0 saturated heterocycles. The predicted octanol–water partition coefficient (Wildman–Crippen LogP) is -0.656. The van der Waals surface area contributed by atoms with Crippen LogP contribution in [0.15, 0.2) is 12.3 Å². The lowest BCUT2D eigenvalue weighted by Gasteiger charge is -1.95. The van der Waals surface area contributed by atoms with Crippen molar-refractivity contribution in [1.29, 1.82) is 0 Å². The summed E-state index contributed by atoms with van der Waals surface area (Å²) < 4.78 is 0. The van der Waals surface area contributed by atoms with Gasteiger partial charge in [-0.3, -0.25) is 0 Å². The van der Waals surface area contributed by atoms with Crippen LogP contribution >= 0.6 is 0 Å². The van der Waals surface area contributed by atoms with Gasteiger partial charge in [0.25, 0.3) is 0 Å². The van der Waals surface area contributed by atoms with Crippen LogP contribution in [0, 0.1) is 0 Å². The zero-order valence-electron chi connectivity index (χ0n) is 4.70. The molecule has 0 atom stereocenters. The Morgan fingerprint density at radius 3 is 2.78 bits per heavy atom. The first-order valence-electron chi connectivity index (χ1n) is 2.38. The van der Waals surface area contributed by atoms with E-state index < -0.39 is 0 Å². The molecule has 0 unspecified atom stereocenters. The van der Waals surface area contributed by atoms with E-state index in [4.69, 9.17) is 11.6 Å². The zero-order chi connectivity index (χ0) is 6.69. The van der Waals surface area contributed by atoms with Crippen LogP contribution in [0.5, 0.6) is 0 Å². The highest BCUT2D eigenvalue weighted by molar-refractivity contribution is 5.35. The Kier molecular flexibility index (Phi) is 1.46. The molecule has 0 spiro atoms. The summed E-state index contributed by atoms with van der Waals surface area (Å²) in [6.45, 7) is 0. The van der Waals surface area contributed by atoms with Gasteiger partial charge in [0.05, 0.1) is 0 Å². The van der Waals surface area contributed by atoms with Crippen LogP contribution in [-0.2, 0) is 0 Å². The van der Waals surface area contributed by atoms with Crippen molar-refractivity contribution in [2.45, 2.75) is 0 Å². The minimum absolute atomic E-state index is 0.213. The number of rotatable bonds is 1. The number of anilines is 2. The first-order chi connectivity index (χ1) is 4.33. The quantitative estimate of drug-likeness (QED) is 0.342. The van der Waals surface area contributed by atoms with Gasteiger partial charge in [-0.1, -0.05) is 0 Å². The third-order valence-electron chi connectivity index (χ3n) is 0.822. The van der Waals surface area contributed by atoms with Crippen molar-refractivity contribution in [2.24, 2.45) is 5.84 Å². The molecule has 5 N–H and O–H groups in total. The predicted molar refractivity (Wildman–Crippen MR) is 34.3 cm³/mol. The first kappa shape index (κ1) is 5.77. The molecule has 0 aromatic carbocycles. The number of nitrogen functional groups attached to an aromatic ring is 2. The average Bonchev–Trinajstić information content (AvgIpc) is 1.88. The third kappa shape index (κ3) is 1.26. The van der Waals surface area contributed by atoms with Crippen molar-refractivity contribution in [3.8, 4) is 0 Å². The SMILES string of the molecule is NNc1ccnc(N)n1. The van der Waals surface area contributed by atoms with Crippen molar-refractivity contribution in [2.75, 3.05) is 11.2 Å². The smallest absolute Gasteiger partial charge is 0.221 e. The number of nitrogens with two attached hydrogens (primary N) is 2. The van der Waals surface area contributed by atoms with Gasteiger partial charge in [0.15, 0.2) is 0 Å². The molecule has 0 saturated carbocycles. The summed E-state index contributed by atoms with van der Waals surface area (Å²) in [6.07, 6.45) is 1.53. The fourth-order valence-corrected chi connectivity index (χ4v) is 0.454. The normalized spacial score (nSPS) is 9.00. The maximum absolute atomic E-state index is 5.22. The van der Waals surface area contributed by atoms with E-state index in [0.717, 1.165) is 0 Å². The van der Waals surface area contributed by atoms with Gasteiger partial charge < -0.3 is 11.2 Å². The molecule has 0 radical (unpaired) electrons. The van der Waals surface area contributed by atoms with Crippen molar-refractivity contribution in [1.82, 2.24) is 9.97 Å². The van der Waals surface area contributed by atoms with Crippen LogP contribution in [0.1, 0.15) is 0 Å². The number of hydrogen-bond acceptors (Lipinski definition) is 5. The van der Waals surface area contributed by atoms with Crippen LogP contribution in [0.25, 0.3) is 0 Å². The van der Waals surface area contributed by atoms with Gasteiger partial charge in [-0.15, -0.1) is 0 Å². The zero-order valence-corrected chi connectivity index (χ0v) is 4.70. The molecule has 9 heavy (non-hydrogen) atoms. The molecule has 0 aliphatic rings. The maximum atomic E-state index is 5.22. The number of nitrogens with zero attached hydrogens (tertiary/aromatic N) is 2. The summed E-state index contributed by atoms with van der Waals surface area (Å²) in [4.78, 5) is 7.38. The standard InChI is InChI=1S/C4H7N5/c5-4-7-2-1-3(8-4)9-6/h1-2H,6H2,(H3,5,7,8,9). The summed E-state index contributed by atoms with van der Waals surface area (Å²) in [6, 6.07) is 1.62. The number of aromatic nitrogens is 2. The number of nitrogens with one attached hydrogen (secondary N) is 1.